The smallest absolute Gasteiger partial charge is 0.251 e. The zero-order valence-corrected chi connectivity index (χ0v) is 14.9. The minimum atomic E-state index is -0.688. The first kappa shape index (κ1) is 20.7. The van der Waals surface area contributed by atoms with Crippen LogP contribution in [0.2, 0.25) is 0 Å². The molecule has 25 heavy (non-hydrogen) atoms. The number of hydrogen-bond acceptors (Lipinski definition) is 3. The predicted octanol–water partition coefficient (Wildman–Crippen LogP) is 2.14. The molecule has 6 nitrogen and oxygen atoms in total. The monoisotopic (exact) mass is 347 g/mol. The summed E-state index contributed by atoms with van der Waals surface area (Å²) in [6, 6.07) is 7.95. The molecule has 1 aromatic rings. The summed E-state index contributed by atoms with van der Waals surface area (Å²) in [6.07, 6.45) is 7.11. The Kier molecular flexibility index (Phi) is 9.97. The van der Waals surface area contributed by atoms with Crippen LogP contribution in [0.4, 0.5) is 0 Å². The molecular formula is C19H29N3O3. The van der Waals surface area contributed by atoms with Gasteiger partial charge in [0.2, 0.25) is 11.8 Å². The van der Waals surface area contributed by atoms with Crippen LogP contribution < -0.4 is 16.4 Å². The summed E-state index contributed by atoms with van der Waals surface area (Å²) in [6.45, 7) is 1.98. The average molecular weight is 347 g/mol. The van der Waals surface area contributed by atoms with Crippen molar-refractivity contribution < 1.29 is 14.4 Å². The molecule has 0 heterocycles. The highest BCUT2D eigenvalue weighted by Crippen LogP contribution is 2.08. The molecule has 1 aromatic carbocycles. The van der Waals surface area contributed by atoms with E-state index in [1.54, 1.807) is 24.3 Å². The molecule has 0 aliphatic carbocycles. The van der Waals surface area contributed by atoms with Crippen LogP contribution in [-0.2, 0) is 9.59 Å². The highest BCUT2D eigenvalue weighted by molar-refractivity contribution is 5.97. The third-order valence-corrected chi connectivity index (χ3v) is 3.97. The third kappa shape index (κ3) is 8.88. The maximum atomic E-state index is 11.9. The van der Waals surface area contributed by atoms with E-state index in [2.05, 4.69) is 17.6 Å². The lowest BCUT2D eigenvalue weighted by molar-refractivity contribution is -0.126. The number of nitrogens with one attached hydrogen (secondary N) is 2. The number of nitrogens with two attached hydrogens (primary N) is 1. The zero-order valence-electron chi connectivity index (χ0n) is 14.9. The summed E-state index contributed by atoms with van der Waals surface area (Å²) >= 11 is 0. The molecule has 3 amide bonds. The molecule has 0 saturated heterocycles. The second-order valence-corrected chi connectivity index (χ2v) is 6.13. The van der Waals surface area contributed by atoms with E-state index in [9.17, 15) is 14.4 Å². The van der Waals surface area contributed by atoms with Crippen LogP contribution in [0.3, 0.4) is 0 Å². The predicted molar refractivity (Wildman–Crippen MR) is 97.9 cm³/mol. The lowest BCUT2D eigenvalue weighted by atomic mass is 10.1. The second kappa shape index (κ2) is 12.1. The van der Waals surface area contributed by atoms with Gasteiger partial charge in [-0.25, -0.2) is 0 Å². The number of unbranched alkanes of at least 4 members (excludes halogenated alkanes) is 5. The van der Waals surface area contributed by atoms with Gasteiger partial charge in [0.25, 0.3) is 5.91 Å². The van der Waals surface area contributed by atoms with Crippen molar-refractivity contribution in [3.05, 3.63) is 35.9 Å². The van der Waals surface area contributed by atoms with Gasteiger partial charge in [-0.2, -0.15) is 0 Å². The van der Waals surface area contributed by atoms with Gasteiger partial charge < -0.3 is 16.4 Å². The Morgan fingerprint density at radius 2 is 1.64 bits per heavy atom. The summed E-state index contributed by atoms with van der Waals surface area (Å²) in [5, 5.41) is 5.13. The molecule has 0 fully saturated rings. The van der Waals surface area contributed by atoms with Crippen molar-refractivity contribution in [2.75, 3.05) is 6.54 Å². The Labute approximate surface area is 149 Å². The standard InChI is InChI=1S/C19H29N3O3/c1-2-3-4-5-6-10-13-16(18(20)24)22-17(23)14-21-19(25)15-11-8-7-9-12-15/h7-9,11-12,16H,2-6,10,13-14H2,1H3,(H2,20,24)(H,21,25)(H,22,23)/t16-/m1/s1. The summed E-state index contributed by atoms with van der Waals surface area (Å²) in [4.78, 5) is 35.3. The molecule has 0 aromatic heterocycles. The largest absolute Gasteiger partial charge is 0.368 e. The minimum absolute atomic E-state index is 0.187. The van der Waals surface area contributed by atoms with Crippen molar-refractivity contribution in [1.82, 2.24) is 10.6 Å². The fraction of sp³-hybridized carbons (Fsp3) is 0.526. The van der Waals surface area contributed by atoms with Gasteiger partial charge in [0.1, 0.15) is 6.04 Å². The van der Waals surface area contributed by atoms with Crippen LogP contribution in [0.25, 0.3) is 0 Å². The van der Waals surface area contributed by atoms with Crippen molar-refractivity contribution in [3.63, 3.8) is 0 Å². The summed E-state index contributed by atoms with van der Waals surface area (Å²) in [5.74, 6) is -1.29. The molecule has 1 atom stereocenters. The SMILES string of the molecule is CCCCCCCC[C@@H](NC(=O)CNC(=O)c1ccccc1)C(N)=O. The maximum absolute atomic E-state index is 11.9. The summed E-state index contributed by atoms with van der Waals surface area (Å²) in [7, 11) is 0. The zero-order chi connectivity index (χ0) is 18.5. The molecular weight excluding hydrogens is 318 g/mol. The first-order valence-electron chi connectivity index (χ1n) is 8.96. The molecule has 0 aliphatic heterocycles. The summed E-state index contributed by atoms with van der Waals surface area (Å²) < 4.78 is 0. The summed E-state index contributed by atoms with van der Waals surface area (Å²) in [5.41, 5.74) is 5.83. The van der Waals surface area contributed by atoms with Crippen molar-refractivity contribution in [1.29, 1.82) is 0 Å². The van der Waals surface area contributed by atoms with Gasteiger partial charge in [-0.15, -0.1) is 0 Å². The molecule has 0 bridgehead atoms. The first-order valence-corrected chi connectivity index (χ1v) is 8.96. The number of hydrogen-bond donors (Lipinski definition) is 3. The lowest BCUT2D eigenvalue weighted by Crippen LogP contribution is -2.47. The number of carbonyl (C=O) groups is 3. The molecule has 0 unspecified atom stereocenters. The molecule has 0 radical (unpaired) electrons. The van der Waals surface area contributed by atoms with Gasteiger partial charge in [-0.05, 0) is 18.6 Å². The Morgan fingerprint density at radius 1 is 1.00 bits per heavy atom. The third-order valence-electron chi connectivity index (χ3n) is 3.97. The normalized spacial score (nSPS) is 11.6. The van der Waals surface area contributed by atoms with Crippen LogP contribution in [0.15, 0.2) is 30.3 Å². The Hall–Kier alpha value is -2.37. The van der Waals surface area contributed by atoms with E-state index in [0.29, 0.717) is 12.0 Å². The van der Waals surface area contributed by atoms with E-state index in [-0.39, 0.29) is 12.5 Å². The number of rotatable bonds is 12. The average Bonchev–Trinajstić information content (AvgIpc) is 2.62. The number of benzene rings is 1. The number of carbonyl (C=O) groups excluding carboxylic acids is 3. The highest BCUT2D eigenvalue weighted by Gasteiger charge is 2.18. The van der Waals surface area contributed by atoms with Crippen molar-refractivity contribution >= 4 is 17.7 Å². The van der Waals surface area contributed by atoms with Gasteiger partial charge >= 0.3 is 0 Å². The van der Waals surface area contributed by atoms with Gasteiger partial charge in [0, 0.05) is 5.56 Å². The maximum Gasteiger partial charge on any atom is 0.251 e. The topological polar surface area (TPSA) is 101 Å². The Balaban J connectivity index is 2.30. The fourth-order valence-corrected chi connectivity index (χ4v) is 2.51. The molecule has 0 spiro atoms. The fourth-order valence-electron chi connectivity index (χ4n) is 2.51. The van der Waals surface area contributed by atoms with Crippen LogP contribution in [0.5, 0.6) is 0 Å². The minimum Gasteiger partial charge on any atom is -0.368 e. The van der Waals surface area contributed by atoms with E-state index in [1.165, 1.54) is 19.3 Å². The van der Waals surface area contributed by atoms with Crippen LogP contribution in [-0.4, -0.2) is 30.3 Å². The molecule has 0 saturated carbocycles. The highest BCUT2D eigenvalue weighted by atomic mass is 16.2. The number of primary amides is 1. The van der Waals surface area contributed by atoms with Crippen molar-refractivity contribution in [3.8, 4) is 0 Å². The Morgan fingerprint density at radius 3 is 2.28 bits per heavy atom. The molecule has 138 valence electrons. The van der Waals surface area contributed by atoms with Gasteiger partial charge in [-0.3, -0.25) is 14.4 Å². The molecule has 1 rings (SSSR count). The lowest BCUT2D eigenvalue weighted by Gasteiger charge is -2.15. The van der Waals surface area contributed by atoms with Crippen LogP contribution in [0.1, 0.15) is 62.2 Å². The van der Waals surface area contributed by atoms with Crippen LogP contribution >= 0.6 is 0 Å². The second-order valence-electron chi connectivity index (χ2n) is 6.13. The van der Waals surface area contributed by atoms with E-state index in [4.69, 9.17) is 5.73 Å². The Bertz CT molecular complexity index is 546. The quantitative estimate of drug-likeness (QED) is 0.505. The van der Waals surface area contributed by atoms with E-state index in [1.807, 2.05) is 6.07 Å². The molecule has 4 N–H and O–H groups in total. The van der Waals surface area contributed by atoms with E-state index < -0.39 is 17.9 Å². The van der Waals surface area contributed by atoms with Gasteiger partial charge in [0.05, 0.1) is 6.54 Å². The number of amides is 3. The molecule has 0 aliphatic rings. The first-order chi connectivity index (χ1) is 12.0. The van der Waals surface area contributed by atoms with Crippen molar-refractivity contribution in [2.24, 2.45) is 5.73 Å². The van der Waals surface area contributed by atoms with Crippen molar-refractivity contribution in [2.45, 2.75) is 57.9 Å². The van der Waals surface area contributed by atoms with E-state index in [0.717, 1.165) is 19.3 Å². The van der Waals surface area contributed by atoms with Crippen LogP contribution in [0, 0.1) is 0 Å². The van der Waals surface area contributed by atoms with Gasteiger partial charge in [0.15, 0.2) is 0 Å². The molecule has 6 heteroatoms. The van der Waals surface area contributed by atoms with E-state index >= 15 is 0 Å². The van der Waals surface area contributed by atoms with Gasteiger partial charge in [-0.1, -0.05) is 63.6 Å².